The molecule has 1 heterocycles. The molecule has 0 radical (unpaired) electrons. The number of hydrogen-bond donors (Lipinski definition) is 0. The van der Waals surface area contributed by atoms with Crippen LogP contribution in [0, 0.1) is 18.3 Å². The molecule has 0 aliphatic heterocycles. The van der Waals surface area contributed by atoms with Gasteiger partial charge in [-0.2, -0.15) is 5.26 Å². The molecule has 0 saturated heterocycles. The van der Waals surface area contributed by atoms with E-state index < -0.39 is 0 Å². The van der Waals surface area contributed by atoms with Gasteiger partial charge in [0, 0.05) is 18.9 Å². The number of aromatic nitrogens is 1. The molecule has 2 rings (SSSR count). The Morgan fingerprint density at radius 1 is 1.27 bits per heavy atom. The van der Waals surface area contributed by atoms with E-state index in [0.717, 1.165) is 12.1 Å². The summed E-state index contributed by atoms with van der Waals surface area (Å²) in [6.07, 6.45) is 4.08. The van der Waals surface area contributed by atoms with Crippen molar-refractivity contribution in [1.82, 2.24) is 4.57 Å². The number of rotatable bonds is 2. The third kappa shape index (κ3) is 2.08. The summed E-state index contributed by atoms with van der Waals surface area (Å²) >= 11 is 0. The molecule has 0 amide bonds. The van der Waals surface area contributed by atoms with E-state index in [-0.39, 0.29) is 0 Å². The number of hydrogen-bond acceptors (Lipinski definition) is 1. The Balaban J connectivity index is 2.27. The Hall–Kier alpha value is -2.01. The van der Waals surface area contributed by atoms with Crippen molar-refractivity contribution in [2.45, 2.75) is 13.5 Å². The minimum absolute atomic E-state index is 0.726. The average Bonchev–Trinajstić information content (AvgIpc) is 2.74. The van der Waals surface area contributed by atoms with Crippen molar-refractivity contribution in [1.29, 1.82) is 5.26 Å². The highest BCUT2D eigenvalue weighted by molar-refractivity contribution is 5.37. The van der Waals surface area contributed by atoms with E-state index in [4.69, 9.17) is 5.26 Å². The first-order valence-electron chi connectivity index (χ1n) is 4.90. The monoisotopic (exact) mass is 196 g/mol. The molecule has 0 fully saturated rings. The van der Waals surface area contributed by atoms with Crippen LogP contribution in [0.2, 0.25) is 0 Å². The van der Waals surface area contributed by atoms with Crippen LogP contribution in [0.5, 0.6) is 0 Å². The van der Waals surface area contributed by atoms with Crippen molar-refractivity contribution in [2.24, 2.45) is 0 Å². The van der Waals surface area contributed by atoms with Crippen LogP contribution in [0.15, 0.2) is 42.7 Å². The van der Waals surface area contributed by atoms with Gasteiger partial charge in [0.25, 0.3) is 0 Å². The standard InChI is InChI=1S/C13H12N2/c1-11-8-12(9-14)4-5-13(11)10-15-6-2-3-7-15/h2-8H,10H2,1H3. The summed E-state index contributed by atoms with van der Waals surface area (Å²) in [6.45, 7) is 2.91. The molecule has 0 spiro atoms. The van der Waals surface area contributed by atoms with Crippen LogP contribution >= 0.6 is 0 Å². The molecule has 0 bridgehead atoms. The summed E-state index contributed by atoms with van der Waals surface area (Å²) in [6, 6.07) is 12.0. The molecule has 0 saturated carbocycles. The van der Waals surface area contributed by atoms with E-state index in [1.165, 1.54) is 11.1 Å². The van der Waals surface area contributed by atoms with Gasteiger partial charge in [0.1, 0.15) is 0 Å². The highest BCUT2D eigenvalue weighted by Gasteiger charge is 2.00. The van der Waals surface area contributed by atoms with Gasteiger partial charge in [0.15, 0.2) is 0 Å². The molecule has 0 atom stereocenters. The Kier molecular flexibility index (Phi) is 2.55. The van der Waals surface area contributed by atoms with Crippen molar-refractivity contribution in [3.05, 3.63) is 59.4 Å². The highest BCUT2D eigenvalue weighted by Crippen LogP contribution is 2.12. The molecule has 0 aliphatic carbocycles. The third-order valence-electron chi connectivity index (χ3n) is 2.49. The van der Waals surface area contributed by atoms with Gasteiger partial charge in [-0.05, 0) is 42.3 Å². The van der Waals surface area contributed by atoms with E-state index in [2.05, 4.69) is 10.6 Å². The van der Waals surface area contributed by atoms with E-state index in [1.54, 1.807) is 0 Å². The van der Waals surface area contributed by atoms with Gasteiger partial charge in [0.05, 0.1) is 11.6 Å². The predicted octanol–water partition coefficient (Wildman–Crippen LogP) is 2.72. The zero-order valence-electron chi connectivity index (χ0n) is 8.64. The van der Waals surface area contributed by atoms with E-state index >= 15 is 0 Å². The van der Waals surface area contributed by atoms with Crippen molar-refractivity contribution < 1.29 is 0 Å². The average molecular weight is 196 g/mol. The fraction of sp³-hybridized carbons (Fsp3) is 0.154. The zero-order chi connectivity index (χ0) is 10.7. The molecule has 2 aromatic rings. The van der Waals surface area contributed by atoms with Crippen LogP contribution in [-0.2, 0) is 6.54 Å². The molecule has 0 N–H and O–H groups in total. The lowest BCUT2D eigenvalue weighted by Gasteiger charge is -2.07. The van der Waals surface area contributed by atoms with Crippen molar-refractivity contribution in [3.63, 3.8) is 0 Å². The highest BCUT2D eigenvalue weighted by atomic mass is 14.9. The second-order valence-electron chi connectivity index (χ2n) is 3.61. The summed E-state index contributed by atoms with van der Waals surface area (Å²) < 4.78 is 2.12. The van der Waals surface area contributed by atoms with Crippen LogP contribution in [0.4, 0.5) is 0 Å². The number of benzene rings is 1. The van der Waals surface area contributed by atoms with Gasteiger partial charge >= 0.3 is 0 Å². The molecular formula is C13H12N2. The van der Waals surface area contributed by atoms with Gasteiger partial charge in [-0.1, -0.05) is 6.07 Å². The lowest BCUT2D eigenvalue weighted by Crippen LogP contribution is -1.98. The molecular weight excluding hydrogens is 184 g/mol. The van der Waals surface area contributed by atoms with Crippen molar-refractivity contribution in [3.8, 4) is 6.07 Å². The SMILES string of the molecule is Cc1cc(C#N)ccc1Cn1cccc1. The first-order valence-corrected chi connectivity index (χ1v) is 4.90. The van der Waals surface area contributed by atoms with Crippen LogP contribution in [0.1, 0.15) is 16.7 Å². The Labute approximate surface area is 89.4 Å². The molecule has 74 valence electrons. The van der Waals surface area contributed by atoms with Crippen LogP contribution in [-0.4, -0.2) is 4.57 Å². The molecule has 0 unspecified atom stereocenters. The van der Waals surface area contributed by atoms with E-state index in [9.17, 15) is 0 Å². The summed E-state index contributed by atoms with van der Waals surface area (Å²) in [5.74, 6) is 0. The maximum Gasteiger partial charge on any atom is 0.0991 e. The predicted molar refractivity (Wildman–Crippen MR) is 59.4 cm³/mol. The number of nitrogens with zero attached hydrogens (tertiary/aromatic N) is 2. The lowest BCUT2D eigenvalue weighted by molar-refractivity contribution is 0.800. The third-order valence-corrected chi connectivity index (χ3v) is 2.49. The minimum Gasteiger partial charge on any atom is -0.350 e. The normalized spacial score (nSPS) is 9.87. The summed E-state index contributed by atoms with van der Waals surface area (Å²) in [4.78, 5) is 0. The zero-order valence-corrected chi connectivity index (χ0v) is 8.64. The van der Waals surface area contributed by atoms with Crippen LogP contribution < -0.4 is 0 Å². The summed E-state index contributed by atoms with van der Waals surface area (Å²) in [7, 11) is 0. The van der Waals surface area contributed by atoms with E-state index in [1.807, 2.05) is 49.6 Å². The van der Waals surface area contributed by atoms with Gasteiger partial charge < -0.3 is 4.57 Å². The Morgan fingerprint density at radius 2 is 2.00 bits per heavy atom. The second kappa shape index (κ2) is 4.02. The molecule has 1 aromatic carbocycles. The largest absolute Gasteiger partial charge is 0.350 e. The Bertz CT molecular complexity index is 490. The van der Waals surface area contributed by atoms with Crippen molar-refractivity contribution >= 4 is 0 Å². The molecule has 0 aliphatic rings. The van der Waals surface area contributed by atoms with Gasteiger partial charge in [0.2, 0.25) is 0 Å². The fourth-order valence-corrected chi connectivity index (χ4v) is 1.62. The molecule has 2 nitrogen and oxygen atoms in total. The van der Waals surface area contributed by atoms with Gasteiger partial charge in [-0.3, -0.25) is 0 Å². The maximum absolute atomic E-state index is 8.75. The van der Waals surface area contributed by atoms with Gasteiger partial charge in [-0.25, -0.2) is 0 Å². The van der Waals surface area contributed by atoms with Gasteiger partial charge in [-0.15, -0.1) is 0 Å². The number of aryl methyl sites for hydroxylation is 1. The maximum atomic E-state index is 8.75. The molecule has 15 heavy (non-hydrogen) atoms. The first kappa shape index (κ1) is 9.54. The fourth-order valence-electron chi connectivity index (χ4n) is 1.62. The second-order valence-corrected chi connectivity index (χ2v) is 3.61. The molecule has 2 heteroatoms. The lowest BCUT2D eigenvalue weighted by atomic mass is 10.1. The van der Waals surface area contributed by atoms with E-state index in [0.29, 0.717) is 0 Å². The first-order chi connectivity index (χ1) is 7.29. The summed E-state index contributed by atoms with van der Waals surface area (Å²) in [5.41, 5.74) is 3.15. The van der Waals surface area contributed by atoms with Crippen molar-refractivity contribution in [2.75, 3.05) is 0 Å². The molecule has 1 aromatic heterocycles. The van der Waals surface area contributed by atoms with Crippen LogP contribution in [0.3, 0.4) is 0 Å². The quantitative estimate of drug-likeness (QED) is 0.726. The Morgan fingerprint density at radius 3 is 2.60 bits per heavy atom. The van der Waals surface area contributed by atoms with Crippen LogP contribution in [0.25, 0.3) is 0 Å². The smallest absolute Gasteiger partial charge is 0.0991 e. The minimum atomic E-state index is 0.726. The topological polar surface area (TPSA) is 28.7 Å². The number of nitriles is 1. The summed E-state index contributed by atoms with van der Waals surface area (Å²) in [5, 5.41) is 8.75.